The molecule has 1 unspecified atom stereocenters. The molecule has 0 spiro atoms. The highest BCUT2D eigenvalue weighted by molar-refractivity contribution is 5.87. The molecule has 0 aromatic carbocycles. The summed E-state index contributed by atoms with van der Waals surface area (Å²) < 4.78 is 15.2. The lowest BCUT2D eigenvalue weighted by molar-refractivity contribution is 0.0290. The Hall–Kier alpha value is -2.02. The summed E-state index contributed by atoms with van der Waals surface area (Å²) >= 11 is 0. The van der Waals surface area contributed by atoms with Gasteiger partial charge in [0.05, 0.1) is 13.4 Å². The number of carbonyl (C=O) groups is 2. The SMILES string of the molecule is COC(=O)c1occc1CNC1CCN(C(=O)OC(C)(C)C)C1. The van der Waals surface area contributed by atoms with Gasteiger partial charge in [0.25, 0.3) is 0 Å². The van der Waals surface area contributed by atoms with E-state index in [2.05, 4.69) is 10.1 Å². The maximum absolute atomic E-state index is 12.0. The Morgan fingerprint density at radius 1 is 1.43 bits per heavy atom. The Labute approximate surface area is 135 Å². The van der Waals surface area contributed by atoms with Gasteiger partial charge in [0, 0.05) is 31.2 Å². The van der Waals surface area contributed by atoms with Gasteiger partial charge in [-0.05, 0) is 33.3 Å². The van der Waals surface area contributed by atoms with Crippen molar-refractivity contribution >= 4 is 12.1 Å². The van der Waals surface area contributed by atoms with Crippen LogP contribution in [0.25, 0.3) is 0 Å². The van der Waals surface area contributed by atoms with Crippen molar-refractivity contribution in [3.63, 3.8) is 0 Å². The Bertz CT molecular complexity index is 561. The number of methoxy groups -OCH3 is 1. The molecule has 23 heavy (non-hydrogen) atoms. The number of ether oxygens (including phenoxy) is 2. The predicted molar refractivity (Wildman–Crippen MR) is 83.1 cm³/mol. The molecule has 7 nitrogen and oxygen atoms in total. The maximum Gasteiger partial charge on any atom is 0.410 e. The summed E-state index contributed by atoms with van der Waals surface area (Å²) in [6, 6.07) is 1.89. The molecule has 1 atom stereocenters. The summed E-state index contributed by atoms with van der Waals surface area (Å²) in [7, 11) is 1.32. The van der Waals surface area contributed by atoms with Crippen LogP contribution in [-0.2, 0) is 16.0 Å². The van der Waals surface area contributed by atoms with E-state index in [1.54, 1.807) is 11.0 Å². The third-order valence-corrected chi connectivity index (χ3v) is 3.54. The first-order valence-corrected chi connectivity index (χ1v) is 7.66. The summed E-state index contributed by atoms with van der Waals surface area (Å²) in [5, 5.41) is 3.33. The van der Waals surface area contributed by atoms with Crippen LogP contribution in [0.2, 0.25) is 0 Å². The molecule has 0 aliphatic carbocycles. The second-order valence-electron chi connectivity index (χ2n) is 6.56. The van der Waals surface area contributed by atoms with Gasteiger partial charge in [-0.1, -0.05) is 0 Å². The number of carbonyl (C=O) groups excluding carboxylic acids is 2. The molecule has 1 aliphatic rings. The van der Waals surface area contributed by atoms with Crippen LogP contribution >= 0.6 is 0 Å². The third-order valence-electron chi connectivity index (χ3n) is 3.54. The number of nitrogens with zero attached hydrogens (tertiary/aromatic N) is 1. The summed E-state index contributed by atoms with van der Waals surface area (Å²) in [5.74, 6) is -0.282. The lowest BCUT2D eigenvalue weighted by Crippen LogP contribution is -2.38. The van der Waals surface area contributed by atoms with Crippen LogP contribution < -0.4 is 5.32 Å². The minimum absolute atomic E-state index is 0.155. The molecule has 1 amide bonds. The zero-order valence-corrected chi connectivity index (χ0v) is 14.0. The predicted octanol–water partition coefficient (Wildman–Crippen LogP) is 2.17. The third kappa shape index (κ3) is 4.72. The van der Waals surface area contributed by atoms with E-state index in [1.807, 2.05) is 20.8 Å². The molecule has 2 rings (SSSR count). The molecule has 7 heteroatoms. The van der Waals surface area contributed by atoms with Crippen molar-refractivity contribution < 1.29 is 23.5 Å². The first-order valence-electron chi connectivity index (χ1n) is 7.66. The van der Waals surface area contributed by atoms with E-state index in [4.69, 9.17) is 9.15 Å². The van der Waals surface area contributed by atoms with E-state index in [-0.39, 0.29) is 17.9 Å². The van der Waals surface area contributed by atoms with Gasteiger partial charge in [-0.15, -0.1) is 0 Å². The second-order valence-corrected chi connectivity index (χ2v) is 6.56. The van der Waals surface area contributed by atoms with Gasteiger partial charge in [-0.3, -0.25) is 0 Å². The quantitative estimate of drug-likeness (QED) is 0.855. The van der Waals surface area contributed by atoms with Crippen LogP contribution in [0.5, 0.6) is 0 Å². The normalized spacial score (nSPS) is 18.1. The van der Waals surface area contributed by atoms with E-state index in [9.17, 15) is 9.59 Å². The van der Waals surface area contributed by atoms with Crippen molar-refractivity contribution in [3.05, 3.63) is 23.7 Å². The van der Waals surface area contributed by atoms with Crippen LogP contribution in [0.3, 0.4) is 0 Å². The fourth-order valence-electron chi connectivity index (χ4n) is 2.42. The van der Waals surface area contributed by atoms with Gasteiger partial charge >= 0.3 is 12.1 Å². The van der Waals surface area contributed by atoms with Crippen molar-refractivity contribution in [2.45, 2.75) is 45.4 Å². The molecule has 1 aliphatic heterocycles. The van der Waals surface area contributed by atoms with Gasteiger partial charge in [0.1, 0.15) is 5.60 Å². The van der Waals surface area contributed by atoms with Crippen LogP contribution in [-0.4, -0.2) is 48.8 Å². The largest absolute Gasteiger partial charge is 0.463 e. The Kier molecular flexibility index (Phi) is 5.30. The van der Waals surface area contributed by atoms with Crippen molar-refractivity contribution in [3.8, 4) is 0 Å². The number of hydrogen-bond donors (Lipinski definition) is 1. The molecular formula is C16H24N2O5. The molecule has 1 aromatic heterocycles. The molecule has 1 N–H and O–H groups in total. The molecule has 0 saturated carbocycles. The molecule has 1 aromatic rings. The summed E-state index contributed by atoms with van der Waals surface area (Å²) in [6.45, 7) is 7.27. The number of hydrogen-bond acceptors (Lipinski definition) is 6. The van der Waals surface area contributed by atoms with E-state index in [0.717, 1.165) is 12.0 Å². The van der Waals surface area contributed by atoms with Crippen LogP contribution in [0.15, 0.2) is 16.7 Å². The van der Waals surface area contributed by atoms with Gasteiger partial charge in [-0.25, -0.2) is 9.59 Å². The zero-order chi connectivity index (χ0) is 17.0. The highest BCUT2D eigenvalue weighted by atomic mass is 16.6. The second kappa shape index (κ2) is 7.04. The first kappa shape index (κ1) is 17.3. The Morgan fingerprint density at radius 2 is 2.17 bits per heavy atom. The number of amides is 1. The molecule has 1 saturated heterocycles. The van der Waals surface area contributed by atoms with E-state index >= 15 is 0 Å². The minimum Gasteiger partial charge on any atom is -0.463 e. The zero-order valence-electron chi connectivity index (χ0n) is 14.0. The standard InChI is InChI=1S/C16H24N2O5/c1-16(2,3)23-15(20)18-7-5-12(10-18)17-9-11-6-8-22-13(11)14(19)21-4/h6,8,12,17H,5,7,9-10H2,1-4H3. The molecule has 0 bridgehead atoms. The minimum atomic E-state index is -0.492. The van der Waals surface area contributed by atoms with Crippen molar-refractivity contribution in [2.75, 3.05) is 20.2 Å². The Balaban J connectivity index is 1.84. The number of rotatable bonds is 4. The first-order chi connectivity index (χ1) is 10.8. The summed E-state index contributed by atoms with van der Waals surface area (Å²) in [6.07, 6.45) is 2.01. The van der Waals surface area contributed by atoms with E-state index in [0.29, 0.717) is 19.6 Å². The van der Waals surface area contributed by atoms with Crippen molar-refractivity contribution in [2.24, 2.45) is 0 Å². The van der Waals surface area contributed by atoms with Gasteiger partial charge in [0.2, 0.25) is 5.76 Å². The van der Waals surface area contributed by atoms with Crippen molar-refractivity contribution in [1.82, 2.24) is 10.2 Å². The topological polar surface area (TPSA) is 81.0 Å². The number of likely N-dealkylation sites (tertiary alicyclic amines) is 1. The van der Waals surface area contributed by atoms with Crippen LogP contribution in [0.4, 0.5) is 4.79 Å². The molecule has 0 radical (unpaired) electrons. The molecule has 128 valence electrons. The molecule has 2 heterocycles. The van der Waals surface area contributed by atoms with E-state index < -0.39 is 11.6 Å². The molecular weight excluding hydrogens is 300 g/mol. The highest BCUT2D eigenvalue weighted by Gasteiger charge is 2.29. The van der Waals surface area contributed by atoms with Crippen LogP contribution in [0, 0.1) is 0 Å². The monoisotopic (exact) mass is 324 g/mol. The lowest BCUT2D eigenvalue weighted by atomic mass is 10.2. The highest BCUT2D eigenvalue weighted by Crippen LogP contribution is 2.17. The molecule has 1 fully saturated rings. The maximum atomic E-state index is 12.0. The number of esters is 1. The average molecular weight is 324 g/mol. The fourth-order valence-corrected chi connectivity index (χ4v) is 2.42. The fraction of sp³-hybridized carbons (Fsp3) is 0.625. The van der Waals surface area contributed by atoms with Gasteiger partial charge in [-0.2, -0.15) is 0 Å². The van der Waals surface area contributed by atoms with Gasteiger partial charge < -0.3 is 24.1 Å². The summed E-state index contributed by atoms with van der Waals surface area (Å²) in [4.78, 5) is 25.3. The van der Waals surface area contributed by atoms with Crippen molar-refractivity contribution in [1.29, 1.82) is 0 Å². The lowest BCUT2D eigenvalue weighted by Gasteiger charge is -2.24. The number of nitrogens with one attached hydrogen (secondary N) is 1. The van der Waals surface area contributed by atoms with Crippen LogP contribution in [0.1, 0.15) is 43.3 Å². The average Bonchev–Trinajstić information content (AvgIpc) is 3.11. The number of furan rings is 1. The smallest absolute Gasteiger partial charge is 0.410 e. The van der Waals surface area contributed by atoms with E-state index in [1.165, 1.54) is 13.4 Å². The van der Waals surface area contributed by atoms with Gasteiger partial charge in [0.15, 0.2) is 0 Å². The Morgan fingerprint density at radius 3 is 2.83 bits per heavy atom. The summed E-state index contributed by atoms with van der Waals surface area (Å²) in [5.41, 5.74) is 0.252.